The minimum Gasteiger partial charge on any atom is -0.379 e. The number of nitrogens with zero attached hydrogens (tertiary/aromatic N) is 3. The lowest BCUT2D eigenvalue weighted by molar-refractivity contribution is -0.384. The Kier molecular flexibility index (Phi) is 7.50. The summed E-state index contributed by atoms with van der Waals surface area (Å²) in [6.45, 7) is 2.10. The number of nitro groups is 1. The molecule has 1 aromatic rings. The van der Waals surface area contributed by atoms with Crippen LogP contribution in [0.25, 0.3) is 0 Å². The van der Waals surface area contributed by atoms with Gasteiger partial charge in [0.05, 0.1) is 23.0 Å². The van der Waals surface area contributed by atoms with E-state index in [1.807, 2.05) is 4.90 Å². The maximum atomic E-state index is 12.9. The van der Waals surface area contributed by atoms with E-state index < -0.39 is 14.9 Å². The van der Waals surface area contributed by atoms with Gasteiger partial charge in [0.2, 0.25) is 15.9 Å². The zero-order chi connectivity index (χ0) is 23.4. The number of amides is 1. The SMILES string of the molecule is O=C(NC1CCCCC1)C1CCN(c2ccc(S(=O)(=O)N3CCOCC3)cc2[N+](=O)[O-])CC1. The highest BCUT2D eigenvalue weighted by Crippen LogP contribution is 2.34. The summed E-state index contributed by atoms with van der Waals surface area (Å²) >= 11 is 0. The molecule has 0 unspecified atom stereocenters. The van der Waals surface area contributed by atoms with Crippen molar-refractivity contribution in [2.24, 2.45) is 5.92 Å². The molecule has 2 saturated heterocycles. The quantitative estimate of drug-likeness (QED) is 0.490. The fraction of sp³-hybridized carbons (Fsp3) is 0.682. The Morgan fingerprint density at radius 3 is 2.33 bits per heavy atom. The summed E-state index contributed by atoms with van der Waals surface area (Å²) in [4.78, 5) is 25.7. The molecule has 2 heterocycles. The third-order valence-electron chi connectivity index (χ3n) is 6.91. The van der Waals surface area contributed by atoms with Gasteiger partial charge in [-0.1, -0.05) is 19.3 Å². The molecule has 0 spiro atoms. The van der Waals surface area contributed by atoms with E-state index in [0.29, 0.717) is 44.8 Å². The van der Waals surface area contributed by atoms with Crippen molar-refractivity contribution in [3.8, 4) is 0 Å². The van der Waals surface area contributed by atoms with Gasteiger partial charge >= 0.3 is 0 Å². The molecule has 182 valence electrons. The number of nitro benzene ring substituents is 1. The van der Waals surface area contributed by atoms with Gasteiger partial charge in [0.15, 0.2) is 0 Å². The lowest BCUT2D eigenvalue weighted by atomic mass is 9.92. The summed E-state index contributed by atoms with van der Waals surface area (Å²) in [5, 5.41) is 15.0. The molecule has 3 fully saturated rings. The molecule has 1 aliphatic carbocycles. The topological polar surface area (TPSA) is 122 Å². The van der Waals surface area contributed by atoms with Gasteiger partial charge in [-0.25, -0.2) is 8.42 Å². The molecule has 10 nitrogen and oxygen atoms in total. The van der Waals surface area contributed by atoms with E-state index in [-0.39, 0.29) is 41.5 Å². The van der Waals surface area contributed by atoms with Crippen molar-refractivity contribution in [3.63, 3.8) is 0 Å². The monoisotopic (exact) mass is 480 g/mol. The third kappa shape index (κ3) is 5.47. The van der Waals surface area contributed by atoms with Crippen molar-refractivity contribution in [1.82, 2.24) is 9.62 Å². The van der Waals surface area contributed by atoms with Gasteiger partial charge in [0, 0.05) is 44.2 Å². The first-order valence-corrected chi connectivity index (χ1v) is 13.2. The van der Waals surface area contributed by atoms with Crippen LogP contribution in [0, 0.1) is 16.0 Å². The van der Waals surface area contributed by atoms with Gasteiger partial charge < -0.3 is 15.0 Å². The summed E-state index contributed by atoms with van der Waals surface area (Å²) in [5.74, 6) is -0.00814. The second kappa shape index (κ2) is 10.4. The highest BCUT2D eigenvalue weighted by Gasteiger charge is 2.32. The Labute approximate surface area is 194 Å². The largest absolute Gasteiger partial charge is 0.379 e. The maximum Gasteiger partial charge on any atom is 0.293 e. The van der Waals surface area contributed by atoms with Crippen LogP contribution in [-0.4, -0.2) is 69.0 Å². The van der Waals surface area contributed by atoms with Crippen LogP contribution < -0.4 is 10.2 Å². The molecule has 1 aromatic carbocycles. The van der Waals surface area contributed by atoms with Crippen molar-refractivity contribution in [3.05, 3.63) is 28.3 Å². The average molecular weight is 481 g/mol. The molecule has 33 heavy (non-hydrogen) atoms. The second-order valence-electron chi connectivity index (χ2n) is 9.03. The van der Waals surface area contributed by atoms with Crippen molar-refractivity contribution in [2.75, 3.05) is 44.3 Å². The molecular formula is C22H32N4O6S. The van der Waals surface area contributed by atoms with Crippen molar-refractivity contribution < 1.29 is 22.9 Å². The number of hydrogen-bond acceptors (Lipinski definition) is 7. The first-order chi connectivity index (χ1) is 15.9. The Hall–Kier alpha value is -2.24. The first-order valence-electron chi connectivity index (χ1n) is 11.8. The molecule has 0 radical (unpaired) electrons. The molecule has 1 saturated carbocycles. The van der Waals surface area contributed by atoms with Crippen LogP contribution in [0.4, 0.5) is 11.4 Å². The van der Waals surface area contributed by atoms with Crippen LogP contribution in [0.15, 0.2) is 23.1 Å². The zero-order valence-electron chi connectivity index (χ0n) is 18.8. The van der Waals surface area contributed by atoms with Gasteiger partial charge in [-0.15, -0.1) is 0 Å². The smallest absolute Gasteiger partial charge is 0.293 e. The third-order valence-corrected chi connectivity index (χ3v) is 8.80. The lowest BCUT2D eigenvalue weighted by Crippen LogP contribution is -2.44. The highest BCUT2D eigenvalue weighted by atomic mass is 32.2. The Bertz CT molecular complexity index is 965. The minimum atomic E-state index is -3.82. The number of benzene rings is 1. The summed E-state index contributed by atoms with van der Waals surface area (Å²) in [6, 6.07) is 4.39. The Balaban J connectivity index is 1.43. The summed E-state index contributed by atoms with van der Waals surface area (Å²) in [6.07, 6.45) is 6.85. The van der Waals surface area contributed by atoms with Crippen LogP contribution in [0.5, 0.6) is 0 Å². The number of carbonyl (C=O) groups excluding carboxylic acids is 1. The van der Waals surface area contributed by atoms with Gasteiger partial charge in [-0.05, 0) is 37.8 Å². The van der Waals surface area contributed by atoms with Crippen molar-refractivity contribution >= 4 is 27.3 Å². The zero-order valence-corrected chi connectivity index (χ0v) is 19.6. The molecule has 1 N–H and O–H groups in total. The van der Waals surface area contributed by atoms with Gasteiger partial charge in [-0.2, -0.15) is 4.31 Å². The minimum absolute atomic E-state index is 0.0819. The number of rotatable bonds is 6. The molecule has 11 heteroatoms. The number of ether oxygens (including phenoxy) is 1. The molecule has 2 aliphatic heterocycles. The number of piperidine rings is 1. The van der Waals surface area contributed by atoms with Crippen LogP contribution in [0.3, 0.4) is 0 Å². The van der Waals surface area contributed by atoms with E-state index >= 15 is 0 Å². The highest BCUT2D eigenvalue weighted by molar-refractivity contribution is 7.89. The molecule has 1 amide bonds. The van der Waals surface area contributed by atoms with Crippen LogP contribution in [-0.2, 0) is 19.6 Å². The molecule has 0 aromatic heterocycles. The lowest BCUT2D eigenvalue weighted by Gasteiger charge is -2.34. The number of carbonyl (C=O) groups is 1. The molecule has 3 aliphatic rings. The number of hydrogen-bond donors (Lipinski definition) is 1. The number of nitrogens with one attached hydrogen (secondary N) is 1. The van der Waals surface area contributed by atoms with Gasteiger partial charge in [0.25, 0.3) is 5.69 Å². The Morgan fingerprint density at radius 2 is 1.70 bits per heavy atom. The molecular weight excluding hydrogens is 448 g/mol. The summed E-state index contributed by atoms with van der Waals surface area (Å²) < 4.78 is 32.3. The molecule has 0 bridgehead atoms. The fourth-order valence-electron chi connectivity index (χ4n) is 4.96. The van der Waals surface area contributed by atoms with E-state index in [0.717, 1.165) is 31.7 Å². The standard InChI is InChI=1S/C22H32N4O6S/c27-22(23-18-4-2-1-3-5-18)17-8-10-24(11-9-17)20-7-6-19(16-21(20)26(28)29)33(30,31)25-12-14-32-15-13-25/h6-7,16-18H,1-5,8-15H2,(H,23,27). The van der Waals surface area contributed by atoms with Gasteiger partial charge in [0.1, 0.15) is 5.69 Å². The first kappa shape index (κ1) is 23.9. The predicted octanol–water partition coefficient (Wildman–Crippen LogP) is 2.28. The van der Waals surface area contributed by atoms with Gasteiger partial charge in [-0.3, -0.25) is 14.9 Å². The molecule has 4 rings (SSSR count). The van der Waals surface area contributed by atoms with Crippen LogP contribution in [0.2, 0.25) is 0 Å². The van der Waals surface area contributed by atoms with E-state index in [1.54, 1.807) is 0 Å². The van der Waals surface area contributed by atoms with E-state index in [1.165, 1.54) is 22.9 Å². The van der Waals surface area contributed by atoms with E-state index in [4.69, 9.17) is 4.74 Å². The second-order valence-corrected chi connectivity index (χ2v) is 11.0. The van der Waals surface area contributed by atoms with Crippen LogP contribution >= 0.6 is 0 Å². The molecule has 0 atom stereocenters. The summed E-state index contributed by atoms with van der Waals surface area (Å²) in [7, 11) is -3.82. The van der Waals surface area contributed by atoms with Crippen molar-refractivity contribution in [1.29, 1.82) is 0 Å². The summed E-state index contributed by atoms with van der Waals surface area (Å²) in [5.41, 5.74) is 0.168. The van der Waals surface area contributed by atoms with E-state index in [9.17, 15) is 23.3 Å². The number of anilines is 1. The number of sulfonamides is 1. The Morgan fingerprint density at radius 1 is 1.03 bits per heavy atom. The maximum absolute atomic E-state index is 12.9. The van der Waals surface area contributed by atoms with Crippen molar-refractivity contribution in [2.45, 2.75) is 55.9 Å². The predicted molar refractivity (Wildman–Crippen MR) is 123 cm³/mol. The number of morpholine rings is 1. The van der Waals surface area contributed by atoms with Crippen LogP contribution in [0.1, 0.15) is 44.9 Å². The van der Waals surface area contributed by atoms with E-state index in [2.05, 4.69) is 5.32 Å². The average Bonchev–Trinajstić information content (AvgIpc) is 2.85. The fourth-order valence-corrected chi connectivity index (χ4v) is 6.39. The normalized spacial score (nSPS) is 21.6.